The number of aromatic amines is 1. The molecule has 0 amide bonds. The maximum atomic E-state index is 12.1. The number of hydrogen-bond donors (Lipinski definition) is 3. The Hall–Kier alpha value is -1.57. The topological polar surface area (TPSA) is 121 Å². The largest absolute Gasteiger partial charge is 0.504 e. The molecule has 2 aromatic carbocycles. The van der Waals surface area contributed by atoms with Gasteiger partial charge in [-0.25, -0.2) is 4.68 Å². The van der Waals surface area contributed by atoms with Crippen LogP contribution in [0.4, 0.5) is 5.69 Å². The molecule has 0 saturated heterocycles. The summed E-state index contributed by atoms with van der Waals surface area (Å²) in [6, 6.07) is 12.2. The van der Waals surface area contributed by atoms with E-state index >= 15 is 0 Å². The monoisotopic (exact) mass is 641 g/mol. The molecule has 28 heavy (non-hydrogen) atoms. The van der Waals surface area contributed by atoms with Gasteiger partial charge in [0.1, 0.15) is 0 Å². The number of phenols is 2. The first-order valence-electron chi connectivity index (χ1n) is 7.21. The lowest BCUT2D eigenvalue weighted by molar-refractivity contribution is -0.385. The Bertz CT molecular complexity index is 1010. The first kappa shape index (κ1) is 24.5. The summed E-state index contributed by atoms with van der Waals surface area (Å²) in [4.78, 5) is 22.2. The van der Waals surface area contributed by atoms with Gasteiger partial charge >= 0.3 is 8.87 Å². The van der Waals surface area contributed by atoms with Crippen molar-refractivity contribution in [3.05, 3.63) is 69.0 Å². The molecule has 3 rings (SSSR count). The minimum atomic E-state index is -0.816. The fourth-order valence-corrected chi connectivity index (χ4v) is 2.21. The van der Waals surface area contributed by atoms with Gasteiger partial charge in [-0.15, -0.1) is 64.3 Å². The zero-order valence-corrected chi connectivity index (χ0v) is 20.2. The molecule has 1 heterocycles. The third-order valence-electron chi connectivity index (χ3n) is 3.31. The van der Waals surface area contributed by atoms with Gasteiger partial charge in [0.25, 0.3) is 5.56 Å². The van der Waals surface area contributed by atoms with E-state index in [1.807, 2.05) is 0 Å². The van der Waals surface area contributed by atoms with E-state index in [1.165, 1.54) is 10.7 Å². The number of nitrogens with zero attached hydrogens (tertiary/aromatic N) is 2. The van der Waals surface area contributed by atoms with Crippen LogP contribution in [-0.4, -0.2) is 28.1 Å². The zero-order chi connectivity index (χ0) is 20.1. The van der Waals surface area contributed by atoms with Crippen LogP contribution in [-0.2, 0) is 0 Å². The van der Waals surface area contributed by atoms with Crippen LogP contribution in [0.25, 0.3) is 16.9 Å². The molecule has 0 bridgehead atoms. The first-order valence-corrected chi connectivity index (χ1v) is 9.96. The number of aromatic nitrogens is 2. The third kappa shape index (κ3) is 6.22. The van der Waals surface area contributed by atoms with Crippen molar-refractivity contribution < 1.29 is 15.1 Å². The fourth-order valence-electron chi connectivity index (χ4n) is 2.21. The highest BCUT2D eigenvalue weighted by atomic mass is 79.9. The Morgan fingerprint density at radius 3 is 2.18 bits per heavy atom. The quantitative estimate of drug-likeness (QED) is 0.162. The van der Waals surface area contributed by atoms with Crippen LogP contribution < -0.4 is 5.56 Å². The van der Waals surface area contributed by atoms with Crippen molar-refractivity contribution in [2.45, 2.75) is 0 Å². The zero-order valence-electron chi connectivity index (χ0n) is 13.8. The van der Waals surface area contributed by atoms with Crippen molar-refractivity contribution >= 4 is 73.1 Å². The first-order chi connectivity index (χ1) is 12.7. The molecule has 8 nitrogen and oxygen atoms in total. The number of aromatic hydroxyl groups is 2. The van der Waals surface area contributed by atoms with E-state index in [-0.39, 0.29) is 37.0 Å². The molecule has 0 aliphatic rings. The van der Waals surface area contributed by atoms with Gasteiger partial charge in [-0.2, -0.15) is 0 Å². The van der Waals surface area contributed by atoms with E-state index in [0.29, 0.717) is 5.69 Å². The third-order valence-corrected chi connectivity index (χ3v) is 3.31. The lowest BCUT2D eigenvalue weighted by Gasteiger charge is -2.04. The predicted octanol–water partition coefficient (Wildman–Crippen LogP) is 4.89. The highest BCUT2D eigenvalue weighted by molar-refractivity contribution is 9.69. The van der Waals surface area contributed by atoms with Gasteiger partial charge in [-0.05, 0) is 18.2 Å². The van der Waals surface area contributed by atoms with E-state index in [2.05, 4.69) is 52.4 Å². The summed E-state index contributed by atoms with van der Waals surface area (Å²) in [6.45, 7) is 0. The summed E-state index contributed by atoms with van der Waals surface area (Å²) >= 11 is 9.31. The summed E-state index contributed by atoms with van der Waals surface area (Å²) < 4.78 is 1.54. The van der Waals surface area contributed by atoms with Crippen LogP contribution >= 0.6 is 64.3 Å². The molecular weight excluding hydrogens is 633 g/mol. The number of H-pyrrole nitrogens is 1. The second-order valence-corrected chi connectivity index (χ2v) is 11.5. The van der Waals surface area contributed by atoms with Crippen LogP contribution in [0.2, 0.25) is 0 Å². The molecule has 0 spiro atoms. The van der Waals surface area contributed by atoms with Gasteiger partial charge in [0.2, 0.25) is 5.75 Å². The van der Waals surface area contributed by atoms with E-state index in [0.717, 1.165) is 12.1 Å². The predicted molar refractivity (Wildman–Crippen MR) is 125 cm³/mol. The van der Waals surface area contributed by atoms with Gasteiger partial charge in [-0.1, -0.05) is 18.2 Å². The molecule has 13 heteroatoms. The summed E-state index contributed by atoms with van der Waals surface area (Å²) in [5.74, 6) is -1.45. The molecule has 0 radical (unpaired) electrons. The SMILES string of the molecule is Br.BrB(Br)Br.O=c1cc(-c2cc(O)c(O)c([N+](=O)[O-])c2)[nH]n1-c1ccccc1. The molecule has 0 saturated carbocycles. The van der Waals surface area contributed by atoms with Crippen LogP contribution in [0, 0.1) is 10.1 Å². The van der Waals surface area contributed by atoms with Gasteiger partial charge < -0.3 is 10.2 Å². The summed E-state index contributed by atoms with van der Waals surface area (Å²) in [5, 5.41) is 32.9. The van der Waals surface area contributed by atoms with Crippen LogP contribution in [0.5, 0.6) is 11.5 Å². The van der Waals surface area contributed by atoms with Crippen molar-refractivity contribution in [2.75, 3.05) is 0 Å². The second kappa shape index (κ2) is 10.8. The van der Waals surface area contributed by atoms with Crippen LogP contribution in [0.15, 0.2) is 53.3 Å². The van der Waals surface area contributed by atoms with E-state index in [4.69, 9.17) is 0 Å². The van der Waals surface area contributed by atoms with Crippen molar-refractivity contribution in [3.63, 3.8) is 0 Å². The molecular formula is C15H12BBr4N3O5. The number of para-hydroxylation sites is 1. The summed E-state index contributed by atoms with van der Waals surface area (Å²) in [5.41, 5.74) is 0.0759. The van der Waals surface area contributed by atoms with Gasteiger partial charge in [0.05, 0.1) is 16.3 Å². The molecule has 0 atom stereocenters. The number of nitro benzene ring substituents is 1. The lowest BCUT2D eigenvalue weighted by atomic mass is 10.1. The van der Waals surface area contributed by atoms with Crippen molar-refractivity contribution in [1.29, 1.82) is 0 Å². The van der Waals surface area contributed by atoms with E-state index < -0.39 is 22.1 Å². The van der Waals surface area contributed by atoms with Crippen molar-refractivity contribution in [2.24, 2.45) is 0 Å². The smallest absolute Gasteiger partial charge is 0.369 e. The number of benzene rings is 2. The number of rotatable bonds is 3. The maximum absolute atomic E-state index is 12.1. The average Bonchev–Trinajstić information content (AvgIpc) is 2.99. The number of halogens is 4. The standard InChI is InChI=1S/C15H11N3O5.BBr3.BrH/c19-13-7-9(6-12(15(13)21)18(22)23)11-8-14(20)17(16-11)10-4-2-1-3-5-10;2-1(3)4;/h1-8,16,19,21H;;1H. The van der Waals surface area contributed by atoms with Gasteiger partial charge in [0.15, 0.2) is 5.75 Å². The molecule has 148 valence electrons. The Morgan fingerprint density at radius 1 is 1.07 bits per heavy atom. The molecule has 0 aliphatic heterocycles. The van der Waals surface area contributed by atoms with Crippen molar-refractivity contribution in [1.82, 2.24) is 9.78 Å². The Balaban J connectivity index is 0.000000717. The second-order valence-electron chi connectivity index (χ2n) is 5.05. The molecule has 1 aromatic heterocycles. The Morgan fingerprint density at radius 2 is 1.64 bits per heavy atom. The van der Waals surface area contributed by atoms with Crippen LogP contribution in [0.3, 0.4) is 0 Å². The molecule has 0 aliphatic carbocycles. The number of hydrogen-bond acceptors (Lipinski definition) is 5. The van der Waals surface area contributed by atoms with Gasteiger partial charge in [0, 0.05) is 17.7 Å². The van der Waals surface area contributed by atoms with Crippen molar-refractivity contribution in [3.8, 4) is 28.4 Å². The Kier molecular flexibility index (Phi) is 9.47. The number of nitrogens with one attached hydrogen (secondary N) is 1. The minimum absolute atomic E-state index is 0. The minimum Gasteiger partial charge on any atom is -0.504 e. The summed E-state index contributed by atoms with van der Waals surface area (Å²) in [6.07, 6.45) is 0. The van der Waals surface area contributed by atoms with Crippen LogP contribution in [0.1, 0.15) is 0 Å². The highest BCUT2D eigenvalue weighted by Crippen LogP contribution is 2.38. The normalized spacial score (nSPS) is 9.68. The maximum Gasteiger partial charge on any atom is 0.369 e. The average molecular weight is 645 g/mol. The van der Waals surface area contributed by atoms with E-state index in [1.54, 1.807) is 30.3 Å². The molecule has 3 N–H and O–H groups in total. The Labute approximate surface area is 194 Å². The number of phenolic OH excluding ortho intramolecular Hbond substituents is 2. The number of nitro groups is 1. The molecule has 0 unspecified atom stereocenters. The molecule has 3 aromatic rings. The van der Waals surface area contributed by atoms with E-state index in [9.17, 15) is 25.1 Å². The van der Waals surface area contributed by atoms with Gasteiger partial charge in [-0.3, -0.25) is 20.0 Å². The molecule has 0 fully saturated rings. The fraction of sp³-hybridized carbons (Fsp3) is 0. The highest BCUT2D eigenvalue weighted by Gasteiger charge is 2.20. The lowest BCUT2D eigenvalue weighted by Crippen LogP contribution is -2.12. The summed E-state index contributed by atoms with van der Waals surface area (Å²) in [7, 11) is 0.